The molecule has 0 heterocycles. The first-order valence-electron chi connectivity index (χ1n) is 4.15. The van der Waals surface area contributed by atoms with Crippen LogP contribution in [0.2, 0.25) is 0 Å². The summed E-state index contributed by atoms with van der Waals surface area (Å²) in [7, 11) is 0. The topological polar surface area (TPSA) is 20.2 Å². The van der Waals surface area contributed by atoms with Crippen molar-refractivity contribution in [3.63, 3.8) is 0 Å². The van der Waals surface area contributed by atoms with Gasteiger partial charge in [-0.3, -0.25) is 0 Å². The fraction of sp³-hybridized carbons (Fsp3) is 0.700. The number of aliphatic hydroxyl groups is 1. The van der Waals surface area contributed by atoms with Crippen LogP contribution in [0.15, 0.2) is 17.4 Å². The van der Waals surface area contributed by atoms with Gasteiger partial charge in [0.15, 0.2) is 0 Å². The third-order valence-corrected chi connectivity index (χ3v) is 1.60. The largest absolute Gasteiger partial charge is 0.392 e. The third kappa shape index (κ3) is 4.02. The molecular formula is C10H18O. The van der Waals surface area contributed by atoms with Crippen molar-refractivity contribution in [2.24, 2.45) is 11.8 Å². The first-order chi connectivity index (χ1) is 5.09. The van der Waals surface area contributed by atoms with E-state index in [2.05, 4.69) is 33.4 Å². The van der Waals surface area contributed by atoms with Gasteiger partial charge in [0.2, 0.25) is 0 Å². The van der Waals surface area contributed by atoms with Crippen LogP contribution in [0.4, 0.5) is 0 Å². The van der Waals surface area contributed by atoms with E-state index in [1.54, 1.807) is 6.08 Å². The van der Waals surface area contributed by atoms with Crippen molar-refractivity contribution in [2.45, 2.75) is 27.7 Å². The Morgan fingerprint density at radius 3 is 2.00 bits per heavy atom. The first kappa shape index (κ1) is 10.5. The fourth-order valence-corrected chi connectivity index (χ4v) is 1.16. The molecule has 0 amide bonds. The number of hydrogen-bond donors (Lipinski definition) is 1. The van der Waals surface area contributed by atoms with Crippen LogP contribution < -0.4 is 0 Å². The summed E-state index contributed by atoms with van der Waals surface area (Å²) in [5.41, 5.74) is 4.39. The molecule has 0 saturated carbocycles. The van der Waals surface area contributed by atoms with Crippen LogP contribution in [0.3, 0.4) is 0 Å². The molecule has 11 heavy (non-hydrogen) atoms. The van der Waals surface area contributed by atoms with Gasteiger partial charge in [-0.15, -0.1) is 5.73 Å². The standard InChI is InChI=1S/C10H18O/c1-8(2)10(9(3)4)6-5-7-11/h5,8-9,11H,7H2,1-4H3. The minimum absolute atomic E-state index is 0.0862. The van der Waals surface area contributed by atoms with Crippen molar-refractivity contribution in [1.29, 1.82) is 0 Å². The molecule has 0 aliphatic carbocycles. The molecule has 0 aliphatic heterocycles. The van der Waals surface area contributed by atoms with Gasteiger partial charge >= 0.3 is 0 Å². The lowest BCUT2D eigenvalue weighted by Crippen LogP contribution is -2.00. The van der Waals surface area contributed by atoms with Crippen molar-refractivity contribution in [3.8, 4) is 0 Å². The molecule has 0 unspecified atom stereocenters. The maximum atomic E-state index is 8.55. The van der Waals surface area contributed by atoms with Crippen LogP contribution in [-0.4, -0.2) is 11.7 Å². The van der Waals surface area contributed by atoms with Gasteiger partial charge < -0.3 is 5.11 Å². The molecule has 0 aromatic carbocycles. The summed E-state index contributed by atoms with van der Waals surface area (Å²) in [6.07, 6.45) is 1.68. The Labute approximate surface area is 69.4 Å². The molecule has 0 radical (unpaired) electrons. The molecule has 0 aliphatic rings. The van der Waals surface area contributed by atoms with Crippen LogP contribution in [-0.2, 0) is 0 Å². The zero-order valence-electron chi connectivity index (χ0n) is 7.89. The molecule has 1 heteroatoms. The molecule has 64 valence electrons. The molecular weight excluding hydrogens is 136 g/mol. The van der Waals surface area contributed by atoms with Crippen molar-refractivity contribution >= 4 is 0 Å². The summed E-state index contributed by atoms with van der Waals surface area (Å²) in [6, 6.07) is 0. The van der Waals surface area contributed by atoms with Gasteiger partial charge in [-0.25, -0.2) is 0 Å². The molecule has 0 atom stereocenters. The van der Waals surface area contributed by atoms with Crippen molar-refractivity contribution in [3.05, 3.63) is 17.4 Å². The van der Waals surface area contributed by atoms with E-state index in [0.29, 0.717) is 11.8 Å². The third-order valence-electron chi connectivity index (χ3n) is 1.60. The van der Waals surface area contributed by atoms with Crippen molar-refractivity contribution in [2.75, 3.05) is 6.61 Å². The average Bonchev–Trinajstić information content (AvgIpc) is 1.87. The Kier molecular flexibility index (Phi) is 4.93. The summed E-state index contributed by atoms with van der Waals surface area (Å²) in [5, 5.41) is 8.55. The minimum Gasteiger partial charge on any atom is -0.392 e. The number of aliphatic hydroxyl groups excluding tert-OH is 1. The zero-order valence-corrected chi connectivity index (χ0v) is 7.89. The predicted molar refractivity (Wildman–Crippen MR) is 48.4 cm³/mol. The average molecular weight is 154 g/mol. The van der Waals surface area contributed by atoms with E-state index in [-0.39, 0.29) is 6.61 Å². The second kappa shape index (κ2) is 5.17. The summed E-state index contributed by atoms with van der Waals surface area (Å²) in [4.78, 5) is 0. The Morgan fingerprint density at radius 2 is 1.73 bits per heavy atom. The Morgan fingerprint density at radius 1 is 1.27 bits per heavy atom. The quantitative estimate of drug-likeness (QED) is 0.619. The van der Waals surface area contributed by atoms with Gasteiger partial charge in [0.1, 0.15) is 0 Å². The second-order valence-electron chi connectivity index (χ2n) is 3.30. The molecule has 1 nitrogen and oxygen atoms in total. The monoisotopic (exact) mass is 154 g/mol. The maximum absolute atomic E-state index is 8.55. The summed E-state index contributed by atoms with van der Waals surface area (Å²) >= 11 is 0. The van der Waals surface area contributed by atoms with E-state index in [0.717, 1.165) is 0 Å². The summed E-state index contributed by atoms with van der Waals surface area (Å²) < 4.78 is 0. The van der Waals surface area contributed by atoms with Gasteiger partial charge in [-0.05, 0) is 23.5 Å². The highest BCUT2D eigenvalue weighted by Crippen LogP contribution is 2.17. The van der Waals surface area contributed by atoms with Gasteiger partial charge in [0, 0.05) is 0 Å². The van der Waals surface area contributed by atoms with Crippen LogP contribution >= 0.6 is 0 Å². The SMILES string of the molecule is CC(C)C(=C=CCO)C(C)C. The molecule has 0 spiro atoms. The van der Waals surface area contributed by atoms with Gasteiger partial charge in [-0.2, -0.15) is 0 Å². The van der Waals surface area contributed by atoms with Crippen LogP contribution in [0.1, 0.15) is 27.7 Å². The van der Waals surface area contributed by atoms with E-state index in [4.69, 9.17) is 5.11 Å². The predicted octanol–water partition coefficient (Wildman–Crippen LogP) is 2.37. The minimum atomic E-state index is 0.0862. The highest BCUT2D eigenvalue weighted by atomic mass is 16.2. The highest BCUT2D eigenvalue weighted by Gasteiger charge is 2.05. The summed E-state index contributed by atoms with van der Waals surface area (Å²) in [6.45, 7) is 8.67. The van der Waals surface area contributed by atoms with Gasteiger partial charge in [-0.1, -0.05) is 27.7 Å². The number of rotatable bonds is 3. The van der Waals surface area contributed by atoms with Crippen LogP contribution in [0.25, 0.3) is 0 Å². The lowest BCUT2D eigenvalue weighted by Gasteiger charge is -2.11. The molecule has 0 fully saturated rings. The summed E-state index contributed by atoms with van der Waals surface area (Å²) in [5.74, 6) is 1.05. The van der Waals surface area contributed by atoms with E-state index in [9.17, 15) is 0 Å². The highest BCUT2D eigenvalue weighted by molar-refractivity contribution is 5.06. The molecule has 1 N–H and O–H groups in total. The zero-order chi connectivity index (χ0) is 8.85. The molecule has 0 rings (SSSR count). The fourth-order valence-electron chi connectivity index (χ4n) is 1.16. The van der Waals surface area contributed by atoms with E-state index < -0.39 is 0 Å². The maximum Gasteiger partial charge on any atom is 0.0686 e. The van der Waals surface area contributed by atoms with Gasteiger partial charge in [0.25, 0.3) is 0 Å². The first-order valence-corrected chi connectivity index (χ1v) is 4.15. The Balaban J connectivity index is 4.46. The molecule has 0 bridgehead atoms. The lowest BCUT2D eigenvalue weighted by atomic mass is 9.93. The van der Waals surface area contributed by atoms with E-state index in [1.807, 2.05) is 0 Å². The Bertz CT molecular complexity index is 150. The molecule has 0 aromatic heterocycles. The number of hydrogen-bond acceptors (Lipinski definition) is 1. The van der Waals surface area contributed by atoms with Crippen LogP contribution in [0.5, 0.6) is 0 Å². The Hall–Kier alpha value is -0.520. The van der Waals surface area contributed by atoms with Crippen molar-refractivity contribution < 1.29 is 5.11 Å². The smallest absolute Gasteiger partial charge is 0.0686 e. The second-order valence-corrected chi connectivity index (χ2v) is 3.30. The van der Waals surface area contributed by atoms with E-state index >= 15 is 0 Å². The van der Waals surface area contributed by atoms with Crippen molar-refractivity contribution in [1.82, 2.24) is 0 Å². The van der Waals surface area contributed by atoms with Crippen LogP contribution in [0, 0.1) is 11.8 Å². The van der Waals surface area contributed by atoms with E-state index in [1.165, 1.54) is 5.57 Å². The molecule has 0 aromatic rings. The normalized spacial score (nSPS) is 10.1. The van der Waals surface area contributed by atoms with Gasteiger partial charge in [0.05, 0.1) is 6.61 Å². The lowest BCUT2D eigenvalue weighted by molar-refractivity contribution is 0.343. The molecule has 0 saturated heterocycles.